The Morgan fingerprint density at radius 2 is 1.12 bits per heavy atom. The maximum absolute atomic E-state index is 11.1. The number of halogens is 4. The zero-order chi connectivity index (χ0) is 13.0. The summed E-state index contributed by atoms with van der Waals surface area (Å²) >= 11 is 22.6. The minimum atomic E-state index is -1.79. The van der Waals surface area contributed by atoms with Gasteiger partial charge in [-0.15, -0.1) is 0 Å². The molecule has 0 spiro atoms. The van der Waals surface area contributed by atoms with Crippen LogP contribution in [0.1, 0.15) is 12.8 Å². The van der Waals surface area contributed by atoms with Crippen LogP contribution in [0.3, 0.4) is 0 Å². The summed E-state index contributed by atoms with van der Waals surface area (Å²) in [5, 5.41) is 0. The van der Waals surface area contributed by atoms with Crippen LogP contribution in [0.2, 0.25) is 0 Å². The molecule has 0 bridgehead atoms. The zero-order valence-corrected chi connectivity index (χ0v) is 11.6. The van der Waals surface area contributed by atoms with E-state index in [4.69, 9.17) is 46.4 Å². The third kappa shape index (κ3) is 4.53. The van der Waals surface area contributed by atoms with E-state index in [0.29, 0.717) is 0 Å². The van der Waals surface area contributed by atoms with E-state index in [2.05, 4.69) is 9.47 Å². The molecule has 0 fully saturated rings. The van der Waals surface area contributed by atoms with Crippen LogP contribution in [0, 0.1) is 0 Å². The average Bonchev–Trinajstić information content (AvgIpc) is 2.24. The summed E-state index contributed by atoms with van der Waals surface area (Å²) in [7, 11) is 2.27. The number of esters is 2. The Kier molecular flexibility index (Phi) is 6.18. The van der Waals surface area contributed by atoms with E-state index in [0.717, 1.165) is 14.2 Å². The van der Waals surface area contributed by atoms with Gasteiger partial charge in [-0.2, -0.15) is 0 Å². The van der Waals surface area contributed by atoms with Gasteiger partial charge >= 0.3 is 11.9 Å². The minimum Gasteiger partial charge on any atom is -0.467 e. The first-order chi connectivity index (χ1) is 7.17. The molecule has 0 aliphatic rings. The molecule has 0 aliphatic heterocycles. The summed E-state index contributed by atoms with van der Waals surface area (Å²) in [4.78, 5) is 22.2. The number of alkyl halides is 4. The summed E-state index contributed by atoms with van der Waals surface area (Å²) < 4.78 is 5.14. The Hall–Kier alpha value is 0.1000. The molecule has 0 aromatic heterocycles. The maximum Gasteiger partial charge on any atom is 0.342 e. The number of hydrogen-bond acceptors (Lipinski definition) is 4. The lowest BCUT2D eigenvalue weighted by molar-refractivity contribution is -0.143. The first-order valence-electron chi connectivity index (χ1n) is 4.10. The fourth-order valence-corrected chi connectivity index (χ4v) is 1.50. The summed E-state index contributed by atoms with van der Waals surface area (Å²) in [5.74, 6) is -1.69. The maximum atomic E-state index is 11.1. The molecule has 94 valence electrons. The van der Waals surface area contributed by atoms with Crippen molar-refractivity contribution in [3.8, 4) is 0 Å². The molecule has 0 aliphatic carbocycles. The molecule has 16 heavy (non-hydrogen) atoms. The van der Waals surface area contributed by atoms with Gasteiger partial charge in [-0.05, 0) is 12.8 Å². The SMILES string of the molecule is COC(=O)C(Cl)(Cl)CCC(Cl)(Cl)C(=O)OC. The van der Waals surface area contributed by atoms with Crippen LogP contribution in [0.25, 0.3) is 0 Å². The van der Waals surface area contributed by atoms with Crippen molar-refractivity contribution < 1.29 is 19.1 Å². The average molecular weight is 312 g/mol. The molecule has 4 nitrogen and oxygen atoms in total. The lowest BCUT2D eigenvalue weighted by Gasteiger charge is -2.21. The summed E-state index contributed by atoms with van der Waals surface area (Å²) in [6.07, 6.45) is -0.296. The second-order valence-electron chi connectivity index (χ2n) is 2.89. The van der Waals surface area contributed by atoms with E-state index in [1.54, 1.807) is 0 Å². The zero-order valence-electron chi connectivity index (χ0n) is 8.56. The Balaban J connectivity index is 4.44. The Labute approximate surface area is 113 Å². The van der Waals surface area contributed by atoms with Gasteiger partial charge in [-0.1, -0.05) is 46.4 Å². The van der Waals surface area contributed by atoms with Crippen molar-refractivity contribution in [2.75, 3.05) is 14.2 Å². The first-order valence-corrected chi connectivity index (χ1v) is 5.61. The number of ether oxygens (including phenoxy) is 2. The predicted octanol–water partition coefficient (Wildman–Crippen LogP) is 2.46. The molecule has 0 radical (unpaired) electrons. The number of rotatable bonds is 5. The largest absolute Gasteiger partial charge is 0.467 e. The van der Waals surface area contributed by atoms with Gasteiger partial charge in [0.1, 0.15) is 0 Å². The van der Waals surface area contributed by atoms with Crippen molar-refractivity contribution in [3.05, 3.63) is 0 Å². The highest BCUT2D eigenvalue weighted by Gasteiger charge is 2.41. The summed E-state index contributed by atoms with van der Waals surface area (Å²) in [6, 6.07) is 0. The Bertz CT molecular complexity index is 249. The van der Waals surface area contributed by atoms with Crippen molar-refractivity contribution in [1.82, 2.24) is 0 Å². The first kappa shape index (κ1) is 16.1. The number of carbonyl (C=O) groups is 2. The van der Waals surface area contributed by atoms with E-state index in [1.807, 2.05) is 0 Å². The van der Waals surface area contributed by atoms with E-state index in [9.17, 15) is 9.59 Å². The molecule has 0 unspecified atom stereocenters. The van der Waals surface area contributed by atoms with Gasteiger partial charge in [0.15, 0.2) is 0 Å². The minimum absolute atomic E-state index is 0.148. The lowest BCUT2D eigenvalue weighted by atomic mass is 10.1. The van der Waals surface area contributed by atoms with Crippen molar-refractivity contribution >= 4 is 58.3 Å². The van der Waals surface area contributed by atoms with Gasteiger partial charge in [0.2, 0.25) is 8.67 Å². The molecule has 0 N–H and O–H groups in total. The second-order valence-corrected chi connectivity index (χ2v) is 5.86. The molecule has 0 amide bonds. The van der Waals surface area contributed by atoms with Crippen LogP contribution in [-0.4, -0.2) is 34.8 Å². The normalized spacial score (nSPS) is 12.1. The van der Waals surface area contributed by atoms with Gasteiger partial charge in [0.25, 0.3) is 0 Å². The molecule has 0 atom stereocenters. The summed E-state index contributed by atoms with van der Waals surface area (Å²) in [6.45, 7) is 0. The number of hydrogen-bond donors (Lipinski definition) is 0. The fraction of sp³-hybridized carbons (Fsp3) is 0.750. The van der Waals surface area contributed by atoms with Crippen LogP contribution >= 0.6 is 46.4 Å². The standard InChI is InChI=1S/C8H10Cl4O4/c1-15-5(13)7(9,10)3-4-8(11,12)6(14)16-2/h3-4H2,1-2H3. The molecule has 0 heterocycles. The molecule has 0 rings (SSSR count). The number of methoxy groups -OCH3 is 2. The third-order valence-corrected chi connectivity index (χ3v) is 3.09. The smallest absolute Gasteiger partial charge is 0.342 e. The van der Waals surface area contributed by atoms with Crippen LogP contribution in [-0.2, 0) is 19.1 Å². The van der Waals surface area contributed by atoms with Crippen LogP contribution in [0.5, 0.6) is 0 Å². The van der Waals surface area contributed by atoms with Gasteiger partial charge in [0, 0.05) is 0 Å². The van der Waals surface area contributed by atoms with Gasteiger partial charge in [0.05, 0.1) is 14.2 Å². The summed E-state index contributed by atoms with van der Waals surface area (Å²) in [5.41, 5.74) is 0. The van der Waals surface area contributed by atoms with Crippen molar-refractivity contribution in [2.45, 2.75) is 21.5 Å². The van der Waals surface area contributed by atoms with Crippen molar-refractivity contribution in [3.63, 3.8) is 0 Å². The molecule has 0 aromatic carbocycles. The Morgan fingerprint density at radius 1 is 0.875 bits per heavy atom. The van der Waals surface area contributed by atoms with Gasteiger partial charge in [-0.3, -0.25) is 0 Å². The van der Waals surface area contributed by atoms with Crippen LogP contribution < -0.4 is 0 Å². The number of carbonyl (C=O) groups excluding carboxylic acids is 2. The Morgan fingerprint density at radius 3 is 1.31 bits per heavy atom. The highest BCUT2D eigenvalue weighted by molar-refractivity contribution is 6.59. The molecule has 0 aromatic rings. The lowest BCUT2D eigenvalue weighted by Crippen LogP contribution is -2.33. The highest BCUT2D eigenvalue weighted by atomic mass is 35.5. The van der Waals surface area contributed by atoms with Gasteiger partial charge in [-0.25, -0.2) is 9.59 Å². The van der Waals surface area contributed by atoms with E-state index < -0.39 is 20.6 Å². The van der Waals surface area contributed by atoms with Crippen LogP contribution in [0.15, 0.2) is 0 Å². The van der Waals surface area contributed by atoms with Gasteiger partial charge < -0.3 is 9.47 Å². The molecule has 0 saturated heterocycles. The van der Waals surface area contributed by atoms with E-state index in [-0.39, 0.29) is 12.8 Å². The highest BCUT2D eigenvalue weighted by Crippen LogP contribution is 2.36. The van der Waals surface area contributed by atoms with Crippen LogP contribution in [0.4, 0.5) is 0 Å². The van der Waals surface area contributed by atoms with Crippen molar-refractivity contribution in [2.24, 2.45) is 0 Å². The fourth-order valence-electron chi connectivity index (χ4n) is 0.817. The topological polar surface area (TPSA) is 52.6 Å². The molecular formula is C8H10Cl4O4. The molecule has 0 saturated carbocycles. The molecular weight excluding hydrogens is 302 g/mol. The monoisotopic (exact) mass is 310 g/mol. The molecule has 8 heteroatoms. The second kappa shape index (κ2) is 6.15. The predicted molar refractivity (Wildman–Crippen MR) is 62.1 cm³/mol. The van der Waals surface area contributed by atoms with E-state index >= 15 is 0 Å². The quantitative estimate of drug-likeness (QED) is 0.578. The third-order valence-electron chi connectivity index (χ3n) is 1.72. The van der Waals surface area contributed by atoms with E-state index in [1.165, 1.54) is 0 Å². The van der Waals surface area contributed by atoms with Crippen molar-refractivity contribution in [1.29, 1.82) is 0 Å².